The van der Waals surface area contributed by atoms with Gasteiger partial charge >= 0.3 is 0 Å². The van der Waals surface area contributed by atoms with Crippen LogP contribution in [-0.2, 0) is 13.6 Å². The number of hydrogen-bond donors (Lipinski definition) is 2. The fourth-order valence-corrected chi connectivity index (χ4v) is 3.06. The largest absolute Gasteiger partial charge is 0.356 e. The summed E-state index contributed by atoms with van der Waals surface area (Å²) in [6.45, 7) is 3.57. The molecular formula is C16H30N6. The van der Waals surface area contributed by atoms with Crippen molar-refractivity contribution in [1.29, 1.82) is 0 Å². The minimum atomic E-state index is 0.639. The predicted molar refractivity (Wildman–Crippen MR) is 89.8 cm³/mol. The topological polar surface area (TPSA) is 67.1 Å². The van der Waals surface area contributed by atoms with Crippen molar-refractivity contribution in [3.8, 4) is 0 Å². The van der Waals surface area contributed by atoms with Gasteiger partial charge in [0.1, 0.15) is 5.82 Å². The molecule has 6 heteroatoms. The third-order valence-electron chi connectivity index (χ3n) is 4.63. The van der Waals surface area contributed by atoms with Gasteiger partial charge in [-0.1, -0.05) is 32.1 Å². The SMILES string of the molecule is CN=C(NCCCC1CCCCC1)NCc1nnc(C)n1C. The first-order valence-corrected chi connectivity index (χ1v) is 8.50. The Hall–Kier alpha value is -1.59. The van der Waals surface area contributed by atoms with Crippen LogP contribution in [0, 0.1) is 12.8 Å². The van der Waals surface area contributed by atoms with Crippen molar-refractivity contribution >= 4 is 5.96 Å². The Labute approximate surface area is 133 Å². The average molecular weight is 306 g/mol. The highest BCUT2D eigenvalue weighted by atomic mass is 15.3. The molecule has 2 N–H and O–H groups in total. The molecule has 0 amide bonds. The van der Waals surface area contributed by atoms with E-state index in [9.17, 15) is 0 Å². The van der Waals surface area contributed by atoms with E-state index in [-0.39, 0.29) is 0 Å². The Balaban J connectivity index is 1.63. The van der Waals surface area contributed by atoms with Gasteiger partial charge in [0.15, 0.2) is 11.8 Å². The summed E-state index contributed by atoms with van der Waals surface area (Å²) in [5.41, 5.74) is 0. The van der Waals surface area contributed by atoms with Gasteiger partial charge in [-0.15, -0.1) is 10.2 Å². The Morgan fingerprint density at radius 1 is 1.23 bits per heavy atom. The molecule has 0 radical (unpaired) electrons. The summed E-state index contributed by atoms with van der Waals surface area (Å²) in [6.07, 6.45) is 9.71. The molecule has 1 aliphatic rings. The molecule has 0 aliphatic heterocycles. The minimum Gasteiger partial charge on any atom is -0.356 e. The van der Waals surface area contributed by atoms with Gasteiger partial charge in [0.05, 0.1) is 6.54 Å². The number of hydrogen-bond acceptors (Lipinski definition) is 3. The van der Waals surface area contributed by atoms with E-state index in [1.807, 2.05) is 18.5 Å². The van der Waals surface area contributed by atoms with E-state index < -0.39 is 0 Å². The van der Waals surface area contributed by atoms with E-state index in [4.69, 9.17) is 0 Å². The van der Waals surface area contributed by atoms with Crippen LogP contribution in [0.15, 0.2) is 4.99 Å². The minimum absolute atomic E-state index is 0.639. The second kappa shape index (κ2) is 8.76. The van der Waals surface area contributed by atoms with Crippen LogP contribution in [0.2, 0.25) is 0 Å². The standard InChI is InChI=1S/C16H30N6/c1-13-20-21-15(22(13)3)12-19-16(17-2)18-11-7-10-14-8-5-4-6-9-14/h14H,4-12H2,1-3H3,(H2,17,18,19). The molecule has 22 heavy (non-hydrogen) atoms. The second-order valence-corrected chi connectivity index (χ2v) is 6.22. The van der Waals surface area contributed by atoms with Crippen LogP contribution < -0.4 is 10.6 Å². The Morgan fingerprint density at radius 3 is 2.64 bits per heavy atom. The van der Waals surface area contributed by atoms with Gasteiger partial charge in [-0.25, -0.2) is 0 Å². The van der Waals surface area contributed by atoms with Crippen LogP contribution in [0.4, 0.5) is 0 Å². The molecule has 1 saturated carbocycles. The van der Waals surface area contributed by atoms with Crippen LogP contribution in [0.1, 0.15) is 56.6 Å². The van der Waals surface area contributed by atoms with E-state index in [0.29, 0.717) is 6.54 Å². The molecule has 1 aromatic heterocycles. The van der Waals surface area contributed by atoms with Gasteiger partial charge in [0.2, 0.25) is 0 Å². The van der Waals surface area contributed by atoms with Crippen molar-refractivity contribution in [3.63, 3.8) is 0 Å². The van der Waals surface area contributed by atoms with Gasteiger partial charge in [0, 0.05) is 20.6 Å². The molecule has 2 rings (SSSR count). The van der Waals surface area contributed by atoms with Crippen LogP contribution in [-0.4, -0.2) is 34.3 Å². The van der Waals surface area contributed by atoms with Gasteiger partial charge in [-0.3, -0.25) is 4.99 Å². The van der Waals surface area contributed by atoms with E-state index in [0.717, 1.165) is 30.1 Å². The van der Waals surface area contributed by atoms with Gasteiger partial charge in [0.25, 0.3) is 0 Å². The summed E-state index contributed by atoms with van der Waals surface area (Å²) in [7, 11) is 3.78. The molecule has 0 saturated heterocycles. The second-order valence-electron chi connectivity index (χ2n) is 6.22. The zero-order chi connectivity index (χ0) is 15.8. The molecule has 1 aliphatic carbocycles. The molecule has 0 bridgehead atoms. The molecule has 0 spiro atoms. The number of nitrogens with one attached hydrogen (secondary N) is 2. The fraction of sp³-hybridized carbons (Fsp3) is 0.812. The van der Waals surface area contributed by atoms with E-state index in [2.05, 4.69) is 25.8 Å². The average Bonchev–Trinajstić information content (AvgIpc) is 2.87. The van der Waals surface area contributed by atoms with Gasteiger partial charge in [-0.05, 0) is 25.7 Å². The lowest BCUT2D eigenvalue weighted by Crippen LogP contribution is -2.38. The lowest BCUT2D eigenvalue weighted by molar-refractivity contribution is 0.332. The predicted octanol–water partition coefficient (Wildman–Crippen LogP) is 2.15. The number of rotatable bonds is 6. The maximum atomic E-state index is 4.26. The monoisotopic (exact) mass is 306 g/mol. The van der Waals surface area contributed by atoms with Crippen LogP contribution in [0.25, 0.3) is 0 Å². The van der Waals surface area contributed by atoms with Crippen molar-refractivity contribution in [2.24, 2.45) is 18.0 Å². The van der Waals surface area contributed by atoms with Crippen molar-refractivity contribution in [2.45, 2.75) is 58.4 Å². The van der Waals surface area contributed by atoms with Crippen molar-refractivity contribution in [2.75, 3.05) is 13.6 Å². The van der Waals surface area contributed by atoms with Crippen LogP contribution in [0.5, 0.6) is 0 Å². The normalized spacial score (nSPS) is 16.8. The molecule has 0 atom stereocenters. The van der Waals surface area contributed by atoms with Crippen molar-refractivity contribution < 1.29 is 0 Å². The first kappa shape index (κ1) is 16.8. The van der Waals surface area contributed by atoms with Crippen LogP contribution >= 0.6 is 0 Å². The Bertz CT molecular complexity index is 473. The fourth-order valence-electron chi connectivity index (χ4n) is 3.06. The Morgan fingerprint density at radius 2 is 2.00 bits per heavy atom. The van der Waals surface area contributed by atoms with Crippen molar-refractivity contribution in [3.05, 3.63) is 11.6 Å². The zero-order valence-corrected chi connectivity index (χ0v) is 14.2. The van der Waals surface area contributed by atoms with E-state index >= 15 is 0 Å². The maximum Gasteiger partial charge on any atom is 0.191 e. The molecule has 6 nitrogen and oxygen atoms in total. The van der Waals surface area contributed by atoms with Gasteiger partial charge < -0.3 is 15.2 Å². The molecule has 124 valence electrons. The molecule has 0 unspecified atom stereocenters. The third kappa shape index (κ3) is 5.00. The van der Waals surface area contributed by atoms with E-state index in [1.165, 1.54) is 44.9 Å². The molecular weight excluding hydrogens is 276 g/mol. The highest BCUT2D eigenvalue weighted by molar-refractivity contribution is 5.79. The van der Waals surface area contributed by atoms with Crippen molar-refractivity contribution in [1.82, 2.24) is 25.4 Å². The zero-order valence-electron chi connectivity index (χ0n) is 14.2. The third-order valence-corrected chi connectivity index (χ3v) is 4.63. The summed E-state index contributed by atoms with van der Waals surface area (Å²) in [5.74, 6) is 3.63. The van der Waals surface area contributed by atoms with Gasteiger partial charge in [-0.2, -0.15) is 0 Å². The lowest BCUT2D eigenvalue weighted by Gasteiger charge is -2.21. The summed E-state index contributed by atoms with van der Waals surface area (Å²) in [4.78, 5) is 4.26. The number of aryl methyl sites for hydroxylation is 1. The summed E-state index contributed by atoms with van der Waals surface area (Å²) in [5, 5.41) is 14.9. The molecule has 1 aromatic rings. The smallest absolute Gasteiger partial charge is 0.191 e. The summed E-state index contributed by atoms with van der Waals surface area (Å²) in [6, 6.07) is 0. The number of aromatic nitrogens is 3. The quantitative estimate of drug-likeness (QED) is 0.480. The number of guanidine groups is 1. The molecule has 0 aromatic carbocycles. The molecule has 1 fully saturated rings. The lowest BCUT2D eigenvalue weighted by atomic mass is 9.86. The number of nitrogens with zero attached hydrogens (tertiary/aromatic N) is 4. The first-order chi connectivity index (χ1) is 10.7. The summed E-state index contributed by atoms with van der Waals surface area (Å²) < 4.78 is 1.99. The van der Waals surface area contributed by atoms with E-state index in [1.54, 1.807) is 7.05 Å². The summed E-state index contributed by atoms with van der Waals surface area (Å²) >= 11 is 0. The Kier molecular flexibility index (Phi) is 6.68. The highest BCUT2D eigenvalue weighted by Gasteiger charge is 2.12. The maximum absolute atomic E-state index is 4.26. The highest BCUT2D eigenvalue weighted by Crippen LogP contribution is 2.26. The molecule has 1 heterocycles. The van der Waals surface area contributed by atoms with Crippen LogP contribution in [0.3, 0.4) is 0 Å². The first-order valence-electron chi connectivity index (χ1n) is 8.50. The number of aliphatic imine (C=N–C) groups is 1.